The van der Waals surface area contributed by atoms with Crippen LogP contribution < -0.4 is 11.3 Å². The van der Waals surface area contributed by atoms with Gasteiger partial charge in [0.2, 0.25) is 0 Å². The molecular weight excluding hydrogens is 124 g/mol. The van der Waals surface area contributed by atoms with E-state index in [1.54, 1.807) is 0 Å². The largest absolute Gasteiger partial charge is 0.271 e. The highest BCUT2D eigenvalue weighted by molar-refractivity contribution is 4.85. The highest BCUT2D eigenvalue weighted by Gasteiger charge is 2.32. The van der Waals surface area contributed by atoms with E-state index in [4.69, 9.17) is 5.84 Å². The Morgan fingerprint density at radius 1 is 1.50 bits per heavy atom. The van der Waals surface area contributed by atoms with Crippen LogP contribution in [0.2, 0.25) is 0 Å². The lowest BCUT2D eigenvalue weighted by Crippen LogP contribution is -2.41. The Bertz CT molecular complexity index is 106. The summed E-state index contributed by atoms with van der Waals surface area (Å²) in [6.45, 7) is 5.52. The number of hydrogen-bond donors (Lipinski definition) is 2. The summed E-state index contributed by atoms with van der Waals surface area (Å²) in [7, 11) is 0. The Labute approximate surface area is 63.1 Å². The molecule has 0 bridgehead atoms. The Morgan fingerprint density at radius 2 is 2.10 bits per heavy atom. The molecule has 0 heterocycles. The second-order valence-corrected chi connectivity index (χ2v) is 4.00. The number of nitrogens with one attached hydrogen (secondary N) is 1. The summed E-state index contributed by atoms with van der Waals surface area (Å²) in [4.78, 5) is 0. The molecule has 1 aliphatic carbocycles. The maximum absolute atomic E-state index is 5.28. The normalized spacial score (nSPS) is 20.7. The molecule has 0 aromatic carbocycles. The molecule has 1 saturated carbocycles. The van der Waals surface area contributed by atoms with Gasteiger partial charge in [0.15, 0.2) is 0 Å². The molecule has 10 heavy (non-hydrogen) atoms. The molecule has 0 aromatic heterocycles. The molecule has 2 nitrogen and oxygen atoms in total. The summed E-state index contributed by atoms with van der Waals surface area (Å²) in [5, 5.41) is 0. The molecular formula is C8H18N2. The summed E-state index contributed by atoms with van der Waals surface area (Å²) in [6, 6.07) is 0. The first-order valence-electron chi connectivity index (χ1n) is 4.10. The van der Waals surface area contributed by atoms with Crippen molar-refractivity contribution in [3.05, 3.63) is 0 Å². The summed E-state index contributed by atoms with van der Waals surface area (Å²) in [5.41, 5.74) is 3.17. The molecule has 0 saturated heterocycles. The Hall–Kier alpha value is -0.0800. The van der Waals surface area contributed by atoms with Crippen LogP contribution >= 0.6 is 0 Å². The smallest absolute Gasteiger partial charge is 0.0151 e. The van der Waals surface area contributed by atoms with Gasteiger partial charge in [0.05, 0.1) is 0 Å². The molecule has 0 atom stereocenters. The van der Waals surface area contributed by atoms with Gasteiger partial charge in [0.1, 0.15) is 0 Å². The molecule has 0 aliphatic heterocycles. The first kappa shape index (κ1) is 8.02. The van der Waals surface area contributed by atoms with Gasteiger partial charge in [-0.25, -0.2) is 0 Å². The molecule has 1 rings (SSSR count). The fraction of sp³-hybridized carbons (Fsp3) is 1.00. The van der Waals surface area contributed by atoms with Crippen LogP contribution in [-0.4, -0.2) is 6.54 Å². The van der Waals surface area contributed by atoms with Gasteiger partial charge in [-0.1, -0.05) is 20.3 Å². The molecule has 0 aromatic rings. The van der Waals surface area contributed by atoms with Crippen molar-refractivity contribution < 1.29 is 0 Å². The minimum absolute atomic E-state index is 0.410. The maximum Gasteiger partial charge on any atom is 0.0151 e. The van der Waals surface area contributed by atoms with E-state index in [1.165, 1.54) is 19.3 Å². The molecule has 0 unspecified atom stereocenters. The standard InChI is InChI=1S/C8H18N2/c1-8(2,6-10-9)7-4-3-5-7/h7,10H,3-6,9H2,1-2H3. The van der Waals surface area contributed by atoms with Crippen molar-refractivity contribution in [3.63, 3.8) is 0 Å². The third-order valence-electron chi connectivity index (χ3n) is 2.77. The second-order valence-electron chi connectivity index (χ2n) is 4.00. The van der Waals surface area contributed by atoms with Crippen LogP contribution in [0.15, 0.2) is 0 Å². The monoisotopic (exact) mass is 142 g/mol. The van der Waals surface area contributed by atoms with Crippen molar-refractivity contribution in [2.75, 3.05) is 6.54 Å². The molecule has 60 valence electrons. The zero-order valence-electron chi connectivity index (χ0n) is 6.98. The van der Waals surface area contributed by atoms with E-state index in [0.29, 0.717) is 5.41 Å². The number of hydrazine groups is 1. The second kappa shape index (κ2) is 2.89. The average molecular weight is 142 g/mol. The predicted octanol–water partition coefficient (Wildman–Crippen LogP) is 1.28. The van der Waals surface area contributed by atoms with Crippen LogP contribution in [0.5, 0.6) is 0 Å². The highest BCUT2D eigenvalue weighted by atomic mass is 15.2. The van der Waals surface area contributed by atoms with Gasteiger partial charge in [-0.15, -0.1) is 0 Å². The Kier molecular flexibility index (Phi) is 2.32. The number of nitrogens with two attached hydrogens (primary N) is 1. The van der Waals surface area contributed by atoms with Gasteiger partial charge in [0.25, 0.3) is 0 Å². The van der Waals surface area contributed by atoms with E-state index >= 15 is 0 Å². The van der Waals surface area contributed by atoms with Gasteiger partial charge < -0.3 is 0 Å². The number of rotatable bonds is 3. The summed E-state index contributed by atoms with van der Waals surface area (Å²) in [5.74, 6) is 6.19. The lowest BCUT2D eigenvalue weighted by molar-refractivity contribution is 0.119. The summed E-state index contributed by atoms with van der Waals surface area (Å²) < 4.78 is 0. The van der Waals surface area contributed by atoms with Crippen molar-refractivity contribution in [2.24, 2.45) is 17.2 Å². The van der Waals surface area contributed by atoms with E-state index in [1.807, 2.05) is 0 Å². The summed E-state index contributed by atoms with van der Waals surface area (Å²) in [6.07, 6.45) is 4.21. The van der Waals surface area contributed by atoms with Crippen molar-refractivity contribution in [3.8, 4) is 0 Å². The first-order valence-corrected chi connectivity index (χ1v) is 4.10. The Balaban J connectivity index is 2.33. The first-order chi connectivity index (χ1) is 4.67. The Morgan fingerprint density at radius 3 is 2.40 bits per heavy atom. The number of hydrogen-bond acceptors (Lipinski definition) is 2. The van der Waals surface area contributed by atoms with Gasteiger partial charge in [0, 0.05) is 6.54 Å². The van der Waals surface area contributed by atoms with Crippen molar-refractivity contribution in [2.45, 2.75) is 33.1 Å². The zero-order chi connectivity index (χ0) is 7.61. The van der Waals surface area contributed by atoms with Crippen LogP contribution in [0.4, 0.5) is 0 Å². The van der Waals surface area contributed by atoms with Crippen LogP contribution in [0.3, 0.4) is 0 Å². The zero-order valence-corrected chi connectivity index (χ0v) is 6.98. The van der Waals surface area contributed by atoms with Crippen LogP contribution in [0.1, 0.15) is 33.1 Å². The van der Waals surface area contributed by atoms with E-state index < -0.39 is 0 Å². The van der Waals surface area contributed by atoms with Crippen molar-refractivity contribution in [1.29, 1.82) is 0 Å². The molecule has 0 radical (unpaired) electrons. The quantitative estimate of drug-likeness (QED) is 0.460. The predicted molar refractivity (Wildman–Crippen MR) is 43.3 cm³/mol. The van der Waals surface area contributed by atoms with Crippen LogP contribution in [0.25, 0.3) is 0 Å². The average Bonchev–Trinajstić information content (AvgIpc) is 1.56. The van der Waals surface area contributed by atoms with Gasteiger partial charge in [-0.05, 0) is 24.2 Å². The fourth-order valence-corrected chi connectivity index (χ4v) is 1.60. The van der Waals surface area contributed by atoms with Crippen LogP contribution in [-0.2, 0) is 0 Å². The highest BCUT2D eigenvalue weighted by Crippen LogP contribution is 2.40. The molecule has 1 aliphatic rings. The van der Waals surface area contributed by atoms with E-state index in [2.05, 4.69) is 19.3 Å². The third-order valence-corrected chi connectivity index (χ3v) is 2.77. The lowest BCUT2D eigenvalue weighted by Gasteiger charge is -2.40. The topological polar surface area (TPSA) is 38.0 Å². The maximum atomic E-state index is 5.28. The van der Waals surface area contributed by atoms with Gasteiger partial charge in [-0.2, -0.15) is 0 Å². The molecule has 2 heteroatoms. The molecule has 3 N–H and O–H groups in total. The van der Waals surface area contributed by atoms with Crippen molar-refractivity contribution in [1.82, 2.24) is 5.43 Å². The van der Waals surface area contributed by atoms with Gasteiger partial charge >= 0.3 is 0 Å². The fourth-order valence-electron chi connectivity index (χ4n) is 1.60. The molecule has 0 spiro atoms. The minimum atomic E-state index is 0.410. The SMILES string of the molecule is CC(C)(CNN)C1CCC1. The minimum Gasteiger partial charge on any atom is -0.271 e. The van der Waals surface area contributed by atoms with Crippen LogP contribution in [0, 0.1) is 11.3 Å². The molecule has 1 fully saturated rings. The third kappa shape index (κ3) is 1.50. The molecule has 0 amide bonds. The van der Waals surface area contributed by atoms with Gasteiger partial charge in [-0.3, -0.25) is 11.3 Å². The van der Waals surface area contributed by atoms with E-state index in [9.17, 15) is 0 Å². The summed E-state index contributed by atoms with van der Waals surface area (Å²) >= 11 is 0. The van der Waals surface area contributed by atoms with E-state index in [0.717, 1.165) is 12.5 Å². The van der Waals surface area contributed by atoms with E-state index in [-0.39, 0.29) is 0 Å². The van der Waals surface area contributed by atoms with Crippen molar-refractivity contribution >= 4 is 0 Å². The lowest BCUT2D eigenvalue weighted by atomic mass is 9.67.